The molecule has 1 unspecified atom stereocenters. The highest BCUT2D eigenvalue weighted by molar-refractivity contribution is 5.39. The number of benzene rings is 2. The molecule has 0 amide bonds. The highest BCUT2D eigenvalue weighted by Crippen LogP contribution is 2.48. The van der Waals surface area contributed by atoms with E-state index >= 15 is 0 Å². The van der Waals surface area contributed by atoms with Crippen LogP contribution >= 0.6 is 0 Å². The molecule has 5 nitrogen and oxygen atoms in total. The molecule has 2 aromatic carbocycles. The summed E-state index contributed by atoms with van der Waals surface area (Å²) in [7, 11) is 0. The van der Waals surface area contributed by atoms with E-state index in [9.17, 15) is 5.11 Å². The molecule has 0 bridgehead atoms. The van der Waals surface area contributed by atoms with Gasteiger partial charge in [-0.05, 0) is 36.1 Å². The van der Waals surface area contributed by atoms with E-state index in [1.807, 2.05) is 47.3 Å². The zero-order chi connectivity index (χ0) is 19.0. The van der Waals surface area contributed by atoms with Gasteiger partial charge in [0.05, 0.1) is 23.7 Å². The first-order valence-corrected chi connectivity index (χ1v) is 10.3. The number of fused-ring (bicyclic) bond motifs is 2. The minimum atomic E-state index is -0.451. The van der Waals surface area contributed by atoms with E-state index in [4.69, 9.17) is 0 Å². The number of para-hydroxylation sites is 1. The summed E-state index contributed by atoms with van der Waals surface area (Å²) in [4.78, 5) is 2.46. The van der Waals surface area contributed by atoms with Crippen LogP contribution in [0.25, 0.3) is 5.69 Å². The predicted molar refractivity (Wildman–Crippen MR) is 108 cm³/mol. The van der Waals surface area contributed by atoms with Crippen molar-refractivity contribution in [1.82, 2.24) is 19.9 Å². The zero-order valence-electron chi connectivity index (χ0n) is 16.0. The van der Waals surface area contributed by atoms with Crippen LogP contribution in [0.15, 0.2) is 60.8 Å². The first-order valence-electron chi connectivity index (χ1n) is 10.3. The van der Waals surface area contributed by atoms with E-state index in [0.29, 0.717) is 13.1 Å². The highest BCUT2D eigenvalue weighted by atomic mass is 16.3. The quantitative estimate of drug-likeness (QED) is 0.754. The molecule has 5 rings (SSSR count). The lowest BCUT2D eigenvalue weighted by atomic mass is 9.70. The van der Waals surface area contributed by atoms with Gasteiger partial charge in [-0.2, -0.15) is 0 Å². The minimum Gasteiger partial charge on any atom is -0.387 e. The van der Waals surface area contributed by atoms with Gasteiger partial charge in [0, 0.05) is 18.6 Å². The van der Waals surface area contributed by atoms with Gasteiger partial charge in [0.1, 0.15) is 0 Å². The van der Waals surface area contributed by atoms with Gasteiger partial charge in [-0.3, -0.25) is 4.90 Å². The Hall–Kier alpha value is -2.50. The maximum atomic E-state index is 10.8. The summed E-state index contributed by atoms with van der Waals surface area (Å²) in [5.41, 5.74) is 4.38. The Morgan fingerprint density at radius 3 is 2.54 bits per heavy atom. The Balaban J connectivity index is 1.48. The number of β-amino-alcohol motifs (C(OH)–C–C–N with tert-alkyl or cyclic N) is 1. The van der Waals surface area contributed by atoms with Crippen LogP contribution in [0.3, 0.4) is 0 Å². The normalized spacial score (nSPS) is 21.5. The Morgan fingerprint density at radius 1 is 0.964 bits per heavy atom. The first kappa shape index (κ1) is 17.6. The molecular weight excluding hydrogens is 348 g/mol. The molecule has 1 saturated carbocycles. The van der Waals surface area contributed by atoms with E-state index in [-0.39, 0.29) is 5.54 Å². The Labute approximate surface area is 165 Å². The number of hydrogen-bond donors (Lipinski definition) is 1. The molecule has 2 aliphatic rings. The van der Waals surface area contributed by atoms with Crippen LogP contribution in [0.1, 0.15) is 55.0 Å². The number of aliphatic hydroxyl groups is 1. The summed E-state index contributed by atoms with van der Waals surface area (Å²) >= 11 is 0. The van der Waals surface area contributed by atoms with Crippen molar-refractivity contribution in [3.05, 3.63) is 77.6 Å². The van der Waals surface area contributed by atoms with E-state index in [1.165, 1.54) is 24.8 Å². The summed E-state index contributed by atoms with van der Waals surface area (Å²) in [5.74, 6) is 0. The summed E-state index contributed by atoms with van der Waals surface area (Å²) < 4.78 is 1.83. The molecule has 3 aromatic rings. The predicted octanol–water partition coefficient (Wildman–Crippen LogP) is 3.98. The van der Waals surface area contributed by atoms with E-state index in [1.54, 1.807) is 0 Å². The lowest BCUT2D eigenvalue weighted by molar-refractivity contribution is -0.0215. The first-order chi connectivity index (χ1) is 13.8. The van der Waals surface area contributed by atoms with Crippen LogP contribution < -0.4 is 0 Å². The lowest BCUT2D eigenvalue weighted by Crippen LogP contribution is -2.52. The number of aromatic nitrogens is 3. The molecule has 1 fully saturated rings. The SMILES string of the molecule is OC1CN(Cc2cn(-c3ccccc3)nn2)C2(CCCCC2)c2ccccc21. The summed E-state index contributed by atoms with van der Waals surface area (Å²) in [6.07, 6.45) is 7.61. The van der Waals surface area contributed by atoms with Crippen molar-refractivity contribution in [2.75, 3.05) is 6.54 Å². The average Bonchev–Trinajstić information content (AvgIpc) is 3.22. The third-order valence-electron chi connectivity index (χ3n) is 6.41. The van der Waals surface area contributed by atoms with Gasteiger partial charge in [-0.15, -0.1) is 5.10 Å². The van der Waals surface area contributed by atoms with Gasteiger partial charge in [-0.1, -0.05) is 66.9 Å². The van der Waals surface area contributed by atoms with Crippen molar-refractivity contribution >= 4 is 0 Å². The van der Waals surface area contributed by atoms with Gasteiger partial charge in [0.15, 0.2) is 0 Å². The standard InChI is InChI=1S/C23H26N4O/c28-22-17-26(15-18-16-27(25-24-18)19-9-3-1-4-10-19)23(13-7-2-8-14-23)21-12-6-5-11-20(21)22/h1,3-6,9-12,16,22,28H,2,7-8,13-15,17H2. The highest BCUT2D eigenvalue weighted by Gasteiger charge is 2.45. The molecular formula is C23H26N4O. The largest absolute Gasteiger partial charge is 0.387 e. The smallest absolute Gasteiger partial charge is 0.0972 e. The van der Waals surface area contributed by atoms with E-state index < -0.39 is 6.10 Å². The molecule has 1 N–H and O–H groups in total. The van der Waals surface area contributed by atoms with Crippen molar-refractivity contribution in [2.45, 2.75) is 50.3 Å². The second-order valence-corrected chi connectivity index (χ2v) is 8.07. The Kier molecular flexibility index (Phi) is 4.49. The van der Waals surface area contributed by atoms with Crippen LogP contribution in [-0.2, 0) is 12.1 Å². The average molecular weight is 374 g/mol. The molecule has 144 valence electrons. The summed E-state index contributed by atoms with van der Waals surface area (Å²) in [6.45, 7) is 1.35. The molecule has 2 heterocycles. The second-order valence-electron chi connectivity index (χ2n) is 8.07. The molecule has 1 aromatic heterocycles. The van der Waals surface area contributed by atoms with Gasteiger partial charge >= 0.3 is 0 Å². The van der Waals surface area contributed by atoms with Crippen molar-refractivity contribution < 1.29 is 5.11 Å². The van der Waals surface area contributed by atoms with Crippen LogP contribution in [0.4, 0.5) is 0 Å². The Bertz CT molecular complexity index is 946. The second kappa shape index (κ2) is 7.15. The molecule has 0 saturated heterocycles. The van der Waals surface area contributed by atoms with Gasteiger partial charge in [-0.25, -0.2) is 4.68 Å². The lowest BCUT2D eigenvalue weighted by Gasteiger charge is -2.51. The third-order valence-corrected chi connectivity index (χ3v) is 6.41. The molecule has 0 radical (unpaired) electrons. The van der Waals surface area contributed by atoms with E-state index in [0.717, 1.165) is 29.8 Å². The number of hydrogen-bond acceptors (Lipinski definition) is 4. The molecule has 28 heavy (non-hydrogen) atoms. The zero-order valence-corrected chi connectivity index (χ0v) is 16.0. The fourth-order valence-electron chi connectivity index (χ4n) is 5.07. The fourth-order valence-corrected chi connectivity index (χ4v) is 5.07. The van der Waals surface area contributed by atoms with Crippen LogP contribution in [0.2, 0.25) is 0 Å². The fraction of sp³-hybridized carbons (Fsp3) is 0.391. The van der Waals surface area contributed by atoms with E-state index in [2.05, 4.69) is 33.4 Å². The molecule has 1 aliphatic carbocycles. The van der Waals surface area contributed by atoms with Crippen molar-refractivity contribution in [3.63, 3.8) is 0 Å². The maximum absolute atomic E-state index is 10.8. The molecule has 1 aliphatic heterocycles. The van der Waals surface area contributed by atoms with Gasteiger partial charge < -0.3 is 5.11 Å². The topological polar surface area (TPSA) is 54.2 Å². The van der Waals surface area contributed by atoms with Crippen LogP contribution in [-0.4, -0.2) is 31.5 Å². The van der Waals surface area contributed by atoms with Crippen molar-refractivity contribution in [3.8, 4) is 5.69 Å². The Morgan fingerprint density at radius 2 is 1.71 bits per heavy atom. The number of nitrogens with zero attached hydrogens (tertiary/aromatic N) is 4. The monoisotopic (exact) mass is 374 g/mol. The molecule has 5 heteroatoms. The van der Waals surface area contributed by atoms with Crippen molar-refractivity contribution in [1.29, 1.82) is 0 Å². The maximum Gasteiger partial charge on any atom is 0.0972 e. The van der Waals surface area contributed by atoms with Crippen LogP contribution in [0.5, 0.6) is 0 Å². The number of rotatable bonds is 3. The molecule has 1 spiro atoms. The third kappa shape index (κ3) is 2.95. The molecule has 1 atom stereocenters. The minimum absolute atomic E-state index is 0.00456. The summed E-state index contributed by atoms with van der Waals surface area (Å²) in [5, 5.41) is 19.6. The summed E-state index contributed by atoms with van der Waals surface area (Å²) in [6, 6.07) is 18.5. The van der Waals surface area contributed by atoms with Crippen molar-refractivity contribution in [2.24, 2.45) is 0 Å². The van der Waals surface area contributed by atoms with Gasteiger partial charge in [0.25, 0.3) is 0 Å². The van der Waals surface area contributed by atoms with Gasteiger partial charge in [0.2, 0.25) is 0 Å². The van der Waals surface area contributed by atoms with Crippen LogP contribution in [0, 0.1) is 0 Å². The number of aliphatic hydroxyl groups excluding tert-OH is 1.